The van der Waals surface area contributed by atoms with E-state index >= 15 is 0 Å². The molecule has 1 heteroatoms. The Morgan fingerprint density at radius 2 is 1.68 bits per heavy atom. The predicted molar refractivity (Wildman–Crippen MR) is 79.0 cm³/mol. The first-order chi connectivity index (χ1) is 9.34. The van der Waals surface area contributed by atoms with E-state index in [4.69, 9.17) is 4.42 Å². The van der Waals surface area contributed by atoms with Crippen LogP contribution in [0.2, 0.25) is 0 Å². The van der Waals surface area contributed by atoms with Crippen LogP contribution in [0, 0.1) is 0 Å². The molecule has 0 amide bonds. The fourth-order valence-electron chi connectivity index (χ4n) is 2.96. The van der Waals surface area contributed by atoms with Crippen molar-refractivity contribution in [2.45, 2.75) is 12.8 Å². The number of hydrogen-bond acceptors (Lipinski definition) is 1. The van der Waals surface area contributed by atoms with Crippen LogP contribution in [0.5, 0.6) is 0 Å². The van der Waals surface area contributed by atoms with E-state index in [0.29, 0.717) is 0 Å². The van der Waals surface area contributed by atoms with Gasteiger partial charge >= 0.3 is 0 Å². The Morgan fingerprint density at radius 3 is 2.63 bits per heavy atom. The third kappa shape index (κ3) is 1.48. The second kappa shape index (κ2) is 3.86. The maximum atomic E-state index is 6.11. The van der Waals surface area contributed by atoms with Crippen LogP contribution < -0.4 is 0 Å². The third-order valence-electron chi connectivity index (χ3n) is 3.91. The van der Waals surface area contributed by atoms with E-state index < -0.39 is 0 Å². The predicted octanol–water partition coefficient (Wildman–Crippen LogP) is 5.06. The average Bonchev–Trinajstić information content (AvgIpc) is 2.78. The molecule has 0 saturated carbocycles. The van der Waals surface area contributed by atoms with Crippen LogP contribution in [0.3, 0.4) is 0 Å². The van der Waals surface area contributed by atoms with Crippen LogP contribution in [0.1, 0.15) is 17.5 Å². The lowest BCUT2D eigenvalue weighted by Crippen LogP contribution is -1.85. The van der Waals surface area contributed by atoms with Gasteiger partial charge in [-0.3, -0.25) is 0 Å². The second-order valence-corrected chi connectivity index (χ2v) is 5.06. The van der Waals surface area contributed by atoms with Crippen LogP contribution in [-0.4, -0.2) is 0 Å². The van der Waals surface area contributed by atoms with Gasteiger partial charge < -0.3 is 4.42 Å². The number of hydrogen-bond donors (Lipinski definition) is 0. The Kier molecular flexibility index (Phi) is 2.16. The summed E-state index contributed by atoms with van der Waals surface area (Å²) in [6.07, 6.45) is 2.03. The molecule has 1 heterocycles. The van der Waals surface area contributed by atoms with Crippen LogP contribution in [0.25, 0.3) is 27.9 Å². The van der Waals surface area contributed by atoms with Crippen molar-refractivity contribution in [3.63, 3.8) is 0 Å². The van der Waals surface area contributed by atoms with Crippen molar-refractivity contribution in [3.05, 3.63) is 66.2 Å². The molecule has 0 radical (unpaired) electrons. The van der Waals surface area contributed by atoms with E-state index in [1.54, 1.807) is 0 Å². The highest BCUT2D eigenvalue weighted by Gasteiger charge is 2.22. The standard InChI is InChI=1S/C18H14O/c1-12-10-11-13-6-2-3-7-14(13)18-17(12)15-8-4-5-9-16(15)19-18/h2-9H,1,10-11H2. The van der Waals surface area contributed by atoms with Gasteiger partial charge in [-0.25, -0.2) is 0 Å². The minimum atomic E-state index is 0.949. The minimum absolute atomic E-state index is 0.949. The van der Waals surface area contributed by atoms with Crippen LogP contribution in [-0.2, 0) is 6.42 Å². The van der Waals surface area contributed by atoms with Crippen LogP contribution >= 0.6 is 0 Å². The molecule has 3 aromatic rings. The number of rotatable bonds is 0. The zero-order valence-corrected chi connectivity index (χ0v) is 10.6. The molecule has 0 unspecified atom stereocenters. The fraction of sp³-hybridized carbons (Fsp3) is 0.111. The van der Waals surface area contributed by atoms with E-state index in [1.165, 1.54) is 27.6 Å². The van der Waals surface area contributed by atoms with Gasteiger partial charge in [-0.1, -0.05) is 49.0 Å². The van der Waals surface area contributed by atoms with E-state index in [0.717, 1.165) is 24.2 Å². The fourth-order valence-corrected chi connectivity index (χ4v) is 2.96. The maximum Gasteiger partial charge on any atom is 0.143 e. The van der Waals surface area contributed by atoms with Gasteiger partial charge in [0.05, 0.1) is 0 Å². The molecule has 0 N–H and O–H groups in total. The molecule has 1 aliphatic carbocycles. The quantitative estimate of drug-likeness (QED) is 0.540. The Hall–Kier alpha value is -2.28. The lowest BCUT2D eigenvalue weighted by atomic mass is 10.0. The van der Waals surface area contributed by atoms with Crippen molar-refractivity contribution >= 4 is 16.5 Å². The van der Waals surface area contributed by atoms with Crippen molar-refractivity contribution in [1.82, 2.24) is 0 Å². The Labute approximate surface area is 112 Å². The summed E-state index contributed by atoms with van der Waals surface area (Å²) in [5, 5.41) is 1.18. The summed E-state index contributed by atoms with van der Waals surface area (Å²) in [6, 6.07) is 16.7. The van der Waals surface area contributed by atoms with Gasteiger partial charge in [-0.15, -0.1) is 0 Å². The SMILES string of the molecule is C=C1CCc2ccccc2-c2oc3ccccc3c21. The van der Waals surface area contributed by atoms with E-state index in [-0.39, 0.29) is 0 Å². The molecule has 2 aromatic carbocycles. The van der Waals surface area contributed by atoms with Crippen molar-refractivity contribution < 1.29 is 4.42 Å². The largest absolute Gasteiger partial charge is 0.455 e. The number of fused-ring (bicyclic) bond motifs is 5. The van der Waals surface area contributed by atoms with E-state index in [1.807, 2.05) is 12.1 Å². The molecule has 1 aromatic heterocycles. The second-order valence-electron chi connectivity index (χ2n) is 5.06. The highest BCUT2D eigenvalue weighted by Crippen LogP contribution is 2.42. The molecule has 19 heavy (non-hydrogen) atoms. The highest BCUT2D eigenvalue weighted by molar-refractivity contribution is 5.98. The monoisotopic (exact) mass is 246 g/mol. The molecule has 92 valence electrons. The first-order valence-corrected chi connectivity index (χ1v) is 6.62. The molecular formula is C18H14O. The molecule has 0 saturated heterocycles. The van der Waals surface area contributed by atoms with Gasteiger partial charge in [0.25, 0.3) is 0 Å². The summed E-state index contributed by atoms with van der Waals surface area (Å²) in [7, 11) is 0. The average molecular weight is 246 g/mol. The molecule has 0 spiro atoms. The Balaban J connectivity index is 2.14. The summed E-state index contributed by atoms with van der Waals surface area (Å²) in [5.41, 5.74) is 5.89. The Bertz CT molecular complexity index is 792. The first kappa shape index (κ1) is 10.6. The van der Waals surface area contributed by atoms with Gasteiger partial charge in [-0.05, 0) is 30.0 Å². The first-order valence-electron chi connectivity index (χ1n) is 6.62. The summed E-state index contributed by atoms with van der Waals surface area (Å²) in [5.74, 6) is 0.985. The summed E-state index contributed by atoms with van der Waals surface area (Å²) < 4.78 is 6.11. The zero-order valence-electron chi connectivity index (χ0n) is 10.6. The van der Waals surface area contributed by atoms with Crippen molar-refractivity contribution in [2.75, 3.05) is 0 Å². The molecule has 1 nitrogen and oxygen atoms in total. The van der Waals surface area contributed by atoms with E-state index in [2.05, 4.69) is 43.0 Å². The van der Waals surface area contributed by atoms with Crippen molar-refractivity contribution in [1.29, 1.82) is 0 Å². The lowest BCUT2D eigenvalue weighted by molar-refractivity contribution is 0.630. The molecule has 1 aliphatic rings. The molecule has 0 aliphatic heterocycles. The number of furan rings is 1. The van der Waals surface area contributed by atoms with Crippen LogP contribution in [0.15, 0.2) is 59.5 Å². The topological polar surface area (TPSA) is 13.1 Å². The van der Waals surface area contributed by atoms with E-state index in [9.17, 15) is 0 Å². The van der Waals surface area contributed by atoms with Crippen molar-refractivity contribution in [2.24, 2.45) is 0 Å². The van der Waals surface area contributed by atoms with Gasteiger partial charge in [0, 0.05) is 16.5 Å². The number of allylic oxidation sites excluding steroid dienone is 1. The number of benzene rings is 2. The summed E-state index contributed by atoms with van der Waals surface area (Å²) in [4.78, 5) is 0. The van der Waals surface area contributed by atoms with Gasteiger partial charge in [-0.2, -0.15) is 0 Å². The van der Waals surface area contributed by atoms with Gasteiger partial charge in [0.2, 0.25) is 0 Å². The zero-order chi connectivity index (χ0) is 12.8. The van der Waals surface area contributed by atoms with Crippen molar-refractivity contribution in [3.8, 4) is 11.3 Å². The highest BCUT2D eigenvalue weighted by atomic mass is 16.3. The lowest BCUT2D eigenvalue weighted by Gasteiger charge is -2.03. The Morgan fingerprint density at radius 1 is 0.895 bits per heavy atom. The smallest absolute Gasteiger partial charge is 0.143 e. The number of para-hydroxylation sites is 1. The minimum Gasteiger partial charge on any atom is -0.455 e. The normalized spacial score (nSPS) is 14.0. The maximum absolute atomic E-state index is 6.11. The molecule has 0 fully saturated rings. The molecule has 0 bridgehead atoms. The molecule has 0 atom stereocenters. The molecule has 4 rings (SSSR count). The van der Waals surface area contributed by atoms with Gasteiger partial charge in [0.15, 0.2) is 0 Å². The van der Waals surface area contributed by atoms with Gasteiger partial charge in [0.1, 0.15) is 11.3 Å². The third-order valence-corrected chi connectivity index (χ3v) is 3.91. The summed E-state index contributed by atoms with van der Waals surface area (Å²) >= 11 is 0. The summed E-state index contributed by atoms with van der Waals surface area (Å²) in [6.45, 7) is 4.26. The van der Waals surface area contributed by atoms with Crippen LogP contribution in [0.4, 0.5) is 0 Å². The molecular weight excluding hydrogens is 232 g/mol. The number of aryl methyl sites for hydroxylation is 1.